The van der Waals surface area contributed by atoms with Crippen LogP contribution in [0.15, 0.2) is 0 Å². The van der Waals surface area contributed by atoms with Gasteiger partial charge in [-0.25, -0.2) is 0 Å². The summed E-state index contributed by atoms with van der Waals surface area (Å²) < 4.78 is 36.7. The maximum atomic E-state index is 10.0. The standard InChI is InChI=1S/C11H26NO3.C10H20O6/c1-5-14-8-6-12(2,3)7-9-15-11-10-13-4;1-13-4-5-15-8-9-16-7-6-14-3-2-10(11)12/h5-11H2,1-4H3;2-9H2,1H3,(H,11,12)/q+1;/p-1. The molecule has 0 aromatic carbocycles. The SMILES string of the molecule is CCOCC[N+](C)(C)CCOCCOC.COCCOCCOCCOCCC(=O)[O-]. The fourth-order valence-corrected chi connectivity index (χ4v) is 1.96. The normalized spacial score (nSPS) is 11.3. The average Bonchev–Trinajstić information content (AvgIpc) is 2.72. The Balaban J connectivity index is 0. The molecule has 0 amide bonds. The van der Waals surface area contributed by atoms with Crippen LogP contribution in [0.3, 0.4) is 0 Å². The van der Waals surface area contributed by atoms with Gasteiger partial charge < -0.3 is 47.5 Å². The van der Waals surface area contributed by atoms with Gasteiger partial charge in [-0.15, -0.1) is 0 Å². The van der Waals surface area contributed by atoms with Gasteiger partial charge >= 0.3 is 0 Å². The minimum Gasteiger partial charge on any atom is -0.550 e. The third-order valence-corrected chi connectivity index (χ3v) is 3.94. The summed E-state index contributed by atoms with van der Waals surface area (Å²) in [4.78, 5) is 10.0. The highest BCUT2D eigenvalue weighted by atomic mass is 16.6. The summed E-state index contributed by atoms with van der Waals surface area (Å²) >= 11 is 0. The minimum atomic E-state index is -1.10. The third-order valence-electron chi connectivity index (χ3n) is 3.94. The zero-order valence-electron chi connectivity index (χ0n) is 20.2. The van der Waals surface area contributed by atoms with Gasteiger partial charge in [-0.3, -0.25) is 0 Å². The number of likely N-dealkylation sites (N-methyl/N-ethyl adjacent to an activating group) is 1. The summed E-state index contributed by atoms with van der Waals surface area (Å²) in [7, 11) is 7.69. The molecule has 0 bridgehead atoms. The first-order valence-electron chi connectivity index (χ1n) is 10.8. The summed E-state index contributed by atoms with van der Waals surface area (Å²) in [5.41, 5.74) is 0. The second-order valence-corrected chi connectivity index (χ2v) is 7.14. The molecule has 0 atom stereocenters. The number of hydrogen-bond acceptors (Lipinski definition) is 9. The number of aliphatic carboxylic acids is 1. The van der Waals surface area contributed by atoms with Crippen molar-refractivity contribution in [1.82, 2.24) is 0 Å². The van der Waals surface area contributed by atoms with E-state index in [0.29, 0.717) is 52.9 Å². The molecule has 0 aliphatic carbocycles. The molecule has 0 aliphatic rings. The first kappa shape index (κ1) is 32.3. The number of carboxylic acid groups (broad SMARTS) is 1. The highest BCUT2D eigenvalue weighted by Crippen LogP contribution is 1.96. The Kier molecular flexibility index (Phi) is 26.5. The van der Waals surface area contributed by atoms with Crippen molar-refractivity contribution in [2.45, 2.75) is 13.3 Å². The predicted molar refractivity (Wildman–Crippen MR) is 115 cm³/mol. The lowest BCUT2D eigenvalue weighted by molar-refractivity contribution is -0.891. The van der Waals surface area contributed by atoms with E-state index in [1.54, 1.807) is 14.2 Å². The quantitative estimate of drug-likeness (QED) is 0.159. The Morgan fingerprint density at radius 3 is 1.45 bits per heavy atom. The van der Waals surface area contributed by atoms with Gasteiger partial charge in [-0.05, 0) is 6.92 Å². The molecule has 0 saturated carbocycles. The lowest BCUT2D eigenvalue weighted by Crippen LogP contribution is -2.44. The van der Waals surface area contributed by atoms with E-state index in [1.165, 1.54) is 0 Å². The van der Waals surface area contributed by atoms with Crippen LogP contribution < -0.4 is 5.11 Å². The van der Waals surface area contributed by atoms with Gasteiger partial charge in [0, 0.05) is 33.2 Å². The first-order valence-corrected chi connectivity index (χ1v) is 10.8. The fraction of sp³-hybridized carbons (Fsp3) is 0.952. The second kappa shape index (κ2) is 25.4. The average molecular weight is 456 g/mol. The molecule has 0 heterocycles. The molecule has 188 valence electrons. The molecular formula is C21H45NO9. The van der Waals surface area contributed by atoms with Crippen LogP contribution in [0.5, 0.6) is 0 Å². The molecule has 0 aromatic rings. The van der Waals surface area contributed by atoms with Crippen molar-refractivity contribution < 1.29 is 47.5 Å². The van der Waals surface area contributed by atoms with Crippen molar-refractivity contribution in [3.63, 3.8) is 0 Å². The van der Waals surface area contributed by atoms with E-state index in [1.807, 2.05) is 6.92 Å². The lowest BCUT2D eigenvalue weighted by atomic mass is 10.4. The van der Waals surface area contributed by atoms with Crippen LogP contribution in [-0.2, 0) is 38.0 Å². The molecule has 0 spiro atoms. The van der Waals surface area contributed by atoms with Gasteiger partial charge in [0.1, 0.15) is 13.1 Å². The molecule has 10 nitrogen and oxygen atoms in total. The molecule has 0 rings (SSSR count). The third kappa shape index (κ3) is 31.4. The van der Waals surface area contributed by atoms with Crippen LogP contribution in [0.4, 0.5) is 0 Å². The number of ether oxygens (including phenoxy) is 7. The van der Waals surface area contributed by atoms with E-state index < -0.39 is 5.97 Å². The molecule has 0 radical (unpaired) electrons. The number of quaternary nitrogens is 1. The Bertz CT molecular complexity index is 371. The number of methoxy groups -OCH3 is 2. The number of carbonyl (C=O) groups is 1. The highest BCUT2D eigenvalue weighted by molar-refractivity contribution is 5.64. The maximum Gasteiger partial charge on any atom is 0.102 e. The summed E-state index contributed by atoms with van der Waals surface area (Å²) in [6.07, 6.45) is -0.0832. The van der Waals surface area contributed by atoms with Gasteiger partial charge in [-0.2, -0.15) is 0 Å². The zero-order chi connectivity index (χ0) is 23.6. The van der Waals surface area contributed by atoms with E-state index in [-0.39, 0.29) is 13.0 Å². The van der Waals surface area contributed by atoms with Gasteiger partial charge in [0.05, 0.1) is 86.8 Å². The van der Waals surface area contributed by atoms with Gasteiger partial charge in [0.2, 0.25) is 0 Å². The van der Waals surface area contributed by atoms with Crippen LogP contribution in [0.1, 0.15) is 13.3 Å². The molecular weight excluding hydrogens is 410 g/mol. The first-order chi connectivity index (χ1) is 14.9. The highest BCUT2D eigenvalue weighted by Gasteiger charge is 2.13. The van der Waals surface area contributed by atoms with Crippen molar-refractivity contribution in [2.75, 3.05) is 121 Å². The Hall–Kier alpha value is -0.850. The molecule has 0 unspecified atom stereocenters. The van der Waals surface area contributed by atoms with E-state index >= 15 is 0 Å². The molecule has 0 aliphatic heterocycles. The van der Waals surface area contributed by atoms with Crippen LogP contribution in [0.2, 0.25) is 0 Å². The number of carboxylic acids is 1. The Morgan fingerprint density at radius 1 is 0.645 bits per heavy atom. The van der Waals surface area contributed by atoms with E-state index in [2.05, 4.69) is 14.1 Å². The van der Waals surface area contributed by atoms with Crippen LogP contribution in [0, 0.1) is 0 Å². The van der Waals surface area contributed by atoms with Crippen LogP contribution >= 0.6 is 0 Å². The topological polar surface area (TPSA) is 105 Å². The van der Waals surface area contributed by atoms with Crippen molar-refractivity contribution >= 4 is 5.97 Å². The minimum absolute atomic E-state index is 0.0832. The smallest absolute Gasteiger partial charge is 0.102 e. The molecule has 0 aromatic heterocycles. The van der Waals surface area contributed by atoms with Crippen molar-refractivity contribution in [3.8, 4) is 0 Å². The predicted octanol–water partition coefficient (Wildman–Crippen LogP) is -0.415. The van der Waals surface area contributed by atoms with Crippen molar-refractivity contribution in [2.24, 2.45) is 0 Å². The number of nitrogens with zero attached hydrogens (tertiary/aromatic N) is 1. The maximum absolute atomic E-state index is 10.0. The van der Waals surface area contributed by atoms with Crippen molar-refractivity contribution in [3.05, 3.63) is 0 Å². The van der Waals surface area contributed by atoms with E-state index in [4.69, 9.17) is 33.2 Å². The van der Waals surface area contributed by atoms with Gasteiger partial charge in [0.15, 0.2) is 0 Å². The fourth-order valence-electron chi connectivity index (χ4n) is 1.96. The number of rotatable bonds is 22. The molecule has 31 heavy (non-hydrogen) atoms. The van der Waals surface area contributed by atoms with E-state index in [0.717, 1.165) is 37.4 Å². The molecule has 10 heteroatoms. The molecule has 0 fully saturated rings. The van der Waals surface area contributed by atoms with Crippen LogP contribution in [-0.4, -0.2) is 131 Å². The number of carbonyl (C=O) groups excluding carboxylic acids is 1. The lowest BCUT2D eigenvalue weighted by Gasteiger charge is -2.29. The molecule has 0 saturated heterocycles. The largest absolute Gasteiger partial charge is 0.550 e. The molecule has 0 N–H and O–H groups in total. The van der Waals surface area contributed by atoms with Crippen LogP contribution in [0.25, 0.3) is 0 Å². The second-order valence-electron chi connectivity index (χ2n) is 7.14. The Labute approximate surface area is 188 Å². The monoisotopic (exact) mass is 455 g/mol. The summed E-state index contributed by atoms with van der Waals surface area (Å²) in [5, 5.41) is 10.0. The number of hydrogen-bond donors (Lipinski definition) is 0. The van der Waals surface area contributed by atoms with Gasteiger partial charge in [-0.1, -0.05) is 0 Å². The van der Waals surface area contributed by atoms with Gasteiger partial charge in [0.25, 0.3) is 0 Å². The summed E-state index contributed by atoms with van der Waals surface area (Å²) in [6, 6.07) is 0. The van der Waals surface area contributed by atoms with E-state index in [9.17, 15) is 9.90 Å². The summed E-state index contributed by atoms with van der Waals surface area (Å²) in [6.45, 7) is 10.9. The summed E-state index contributed by atoms with van der Waals surface area (Å²) in [5.74, 6) is -1.10. The van der Waals surface area contributed by atoms with Crippen molar-refractivity contribution in [1.29, 1.82) is 0 Å². The zero-order valence-corrected chi connectivity index (χ0v) is 20.2. The Morgan fingerprint density at radius 2 is 1.03 bits per heavy atom.